The van der Waals surface area contributed by atoms with Gasteiger partial charge in [-0.05, 0) is 55.7 Å². The van der Waals surface area contributed by atoms with Crippen LogP contribution in [0.4, 0.5) is 5.13 Å². The molecule has 0 spiro atoms. The van der Waals surface area contributed by atoms with E-state index < -0.39 is 0 Å². The molecule has 1 amide bonds. The van der Waals surface area contributed by atoms with Crippen molar-refractivity contribution >= 4 is 55.8 Å². The van der Waals surface area contributed by atoms with Gasteiger partial charge >= 0.3 is 0 Å². The maximum atomic E-state index is 13.4. The van der Waals surface area contributed by atoms with Crippen LogP contribution in [-0.2, 0) is 6.54 Å². The van der Waals surface area contributed by atoms with Crippen LogP contribution in [0.3, 0.4) is 0 Å². The van der Waals surface area contributed by atoms with Crippen molar-refractivity contribution in [2.45, 2.75) is 26.8 Å². The number of hydrogen-bond donors (Lipinski definition) is 0. The van der Waals surface area contributed by atoms with E-state index in [9.17, 15) is 4.79 Å². The van der Waals surface area contributed by atoms with Crippen LogP contribution in [0.2, 0.25) is 10.0 Å². The lowest BCUT2D eigenvalue weighted by atomic mass is 10.1. The molecule has 0 aliphatic heterocycles. The van der Waals surface area contributed by atoms with Gasteiger partial charge in [0.1, 0.15) is 0 Å². The summed E-state index contributed by atoms with van der Waals surface area (Å²) in [4.78, 5) is 24.0. The van der Waals surface area contributed by atoms with Gasteiger partial charge in [-0.15, -0.1) is 0 Å². The number of carbonyl (C=O) groups is 1. The number of amides is 1. The van der Waals surface area contributed by atoms with Crippen molar-refractivity contribution in [2.75, 3.05) is 11.4 Å². The van der Waals surface area contributed by atoms with Crippen LogP contribution in [0.25, 0.3) is 10.2 Å². The lowest BCUT2D eigenvalue weighted by molar-refractivity contribution is 0.0986. The van der Waals surface area contributed by atoms with Crippen molar-refractivity contribution in [2.24, 2.45) is 0 Å². The number of thiazole rings is 1. The number of rotatable bonds is 6. The molecule has 0 N–H and O–H groups in total. The summed E-state index contributed by atoms with van der Waals surface area (Å²) in [6.45, 7) is 5.38. The SMILES string of the molecule is Cc1cc(C)c2sc(N(CCCn3ccnc3)C(=O)c3ccc(Cl)cc3Cl)nc2c1. The van der Waals surface area contributed by atoms with Gasteiger partial charge < -0.3 is 4.57 Å². The van der Waals surface area contributed by atoms with E-state index in [0.717, 1.165) is 34.3 Å². The van der Waals surface area contributed by atoms with Gasteiger partial charge in [-0.25, -0.2) is 9.97 Å². The Morgan fingerprint density at radius 3 is 2.77 bits per heavy atom. The highest BCUT2D eigenvalue weighted by molar-refractivity contribution is 7.22. The highest BCUT2D eigenvalue weighted by Gasteiger charge is 2.23. The van der Waals surface area contributed by atoms with Crippen molar-refractivity contribution in [3.05, 3.63) is 75.8 Å². The summed E-state index contributed by atoms with van der Waals surface area (Å²) in [5.74, 6) is -0.185. The Balaban J connectivity index is 1.69. The monoisotopic (exact) mass is 458 g/mol. The van der Waals surface area contributed by atoms with E-state index in [1.54, 1.807) is 35.6 Å². The van der Waals surface area contributed by atoms with E-state index in [1.807, 2.05) is 23.8 Å². The minimum Gasteiger partial charge on any atom is -0.337 e. The third-order valence-electron chi connectivity index (χ3n) is 4.80. The molecule has 5 nitrogen and oxygen atoms in total. The summed E-state index contributed by atoms with van der Waals surface area (Å²) in [5.41, 5.74) is 3.62. The number of nitrogens with zero attached hydrogens (tertiary/aromatic N) is 4. The van der Waals surface area contributed by atoms with E-state index in [-0.39, 0.29) is 5.91 Å². The highest BCUT2D eigenvalue weighted by Crippen LogP contribution is 2.34. The van der Waals surface area contributed by atoms with Gasteiger partial charge in [0.2, 0.25) is 0 Å². The molecule has 4 aromatic rings. The fraction of sp³-hybridized carbons (Fsp3) is 0.227. The van der Waals surface area contributed by atoms with Gasteiger partial charge in [0.15, 0.2) is 5.13 Å². The first-order valence-corrected chi connectivity index (χ1v) is 11.1. The zero-order chi connectivity index (χ0) is 21.3. The molecule has 0 radical (unpaired) electrons. The van der Waals surface area contributed by atoms with Gasteiger partial charge in [0.05, 0.1) is 27.1 Å². The number of aryl methyl sites for hydroxylation is 3. The Labute approximate surface area is 188 Å². The molecule has 30 heavy (non-hydrogen) atoms. The lowest BCUT2D eigenvalue weighted by Crippen LogP contribution is -2.32. The number of aromatic nitrogens is 3. The first-order valence-electron chi connectivity index (χ1n) is 9.53. The molecule has 0 aliphatic rings. The minimum atomic E-state index is -0.185. The molecule has 0 atom stereocenters. The Morgan fingerprint density at radius 1 is 1.20 bits per heavy atom. The number of imidazole rings is 1. The first kappa shape index (κ1) is 20.8. The smallest absolute Gasteiger partial charge is 0.261 e. The normalized spacial score (nSPS) is 11.2. The highest BCUT2D eigenvalue weighted by atomic mass is 35.5. The summed E-state index contributed by atoms with van der Waals surface area (Å²) in [6, 6.07) is 9.11. The molecule has 0 saturated heterocycles. The molecule has 0 bridgehead atoms. The minimum absolute atomic E-state index is 0.185. The maximum absolute atomic E-state index is 13.4. The molecule has 0 saturated carbocycles. The van der Waals surface area contributed by atoms with Crippen molar-refractivity contribution in [1.29, 1.82) is 0 Å². The fourth-order valence-corrected chi connectivity index (χ4v) is 4.93. The zero-order valence-corrected chi connectivity index (χ0v) is 18.9. The van der Waals surface area contributed by atoms with Gasteiger partial charge in [-0.1, -0.05) is 40.6 Å². The molecule has 2 aromatic carbocycles. The molecule has 0 aliphatic carbocycles. The average Bonchev–Trinajstić information content (AvgIpc) is 3.34. The quantitative estimate of drug-likeness (QED) is 0.347. The summed E-state index contributed by atoms with van der Waals surface area (Å²) in [6.07, 6.45) is 6.18. The average molecular weight is 459 g/mol. The van der Waals surface area contributed by atoms with E-state index in [4.69, 9.17) is 28.2 Å². The van der Waals surface area contributed by atoms with Crippen molar-refractivity contribution in [3.8, 4) is 0 Å². The van der Waals surface area contributed by atoms with Crippen LogP contribution in [-0.4, -0.2) is 27.0 Å². The number of anilines is 1. The van der Waals surface area contributed by atoms with Crippen molar-refractivity contribution in [1.82, 2.24) is 14.5 Å². The molecular weight excluding hydrogens is 439 g/mol. The molecule has 2 heterocycles. The number of carbonyl (C=O) groups excluding carboxylic acids is 1. The summed E-state index contributed by atoms with van der Waals surface area (Å²) in [7, 11) is 0. The molecule has 8 heteroatoms. The summed E-state index contributed by atoms with van der Waals surface area (Å²) < 4.78 is 3.08. The Morgan fingerprint density at radius 2 is 2.03 bits per heavy atom. The number of halogens is 2. The third kappa shape index (κ3) is 4.36. The molecular formula is C22H20Cl2N4OS. The van der Waals surface area contributed by atoms with Gasteiger partial charge in [0.25, 0.3) is 5.91 Å². The predicted octanol–water partition coefficient (Wildman–Crippen LogP) is 6.15. The van der Waals surface area contributed by atoms with Gasteiger partial charge in [-0.2, -0.15) is 0 Å². The second-order valence-electron chi connectivity index (χ2n) is 7.16. The standard InChI is InChI=1S/C22H20Cl2N4OS/c1-14-10-15(2)20-19(11-14)26-22(30-20)28(8-3-7-27-9-6-25-13-27)21(29)17-5-4-16(23)12-18(17)24/h4-6,9-13H,3,7-8H2,1-2H3. The summed E-state index contributed by atoms with van der Waals surface area (Å²) in [5, 5.41) is 1.50. The summed E-state index contributed by atoms with van der Waals surface area (Å²) >= 11 is 13.9. The topological polar surface area (TPSA) is 51.0 Å². The van der Waals surface area contributed by atoms with Crippen LogP contribution in [0.5, 0.6) is 0 Å². The third-order valence-corrected chi connectivity index (χ3v) is 6.58. The van der Waals surface area contributed by atoms with E-state index in [1.165, 1.54) is 11.3 Å². The Bertz CT molecular complexity index is 1200. The second kappa shape index (κ2) is 8.76. The van der Waals surface area contributed by atoms with Crippen molar-refractivity contribution in [3.63, 3.8) is 0 Å². The van der Waals surface area contributed by atoms with Crippen LogP contribution in [0, 0.1) is 13.8 Å². The molecule has 154 valence electrons. The molecule has 2 aromatic heterocycles. The van der Waals surface area contributed by atoms with Crippen LogP contribution in [0.15, 0.2) is 49.1 Å². The van der Waals surface area contributed by atoms with Gasteiger partial charge in [0, 0.05) is 30.5 Å². The Hall–Kier alpha value is -2.41. The number of benzene rings is 2. The second-order valence-corrected chi connectivity index (χ2v) is 8.98. The molecule has 0 unspecified atom stereocenters. The maximum Gasteiger partial charge on any atom is 0.261 e. The fourth-order valence-electron chi connectivity index (χ4n) is 3.40. The largest absolute Gasteiger partial charge is 0.337 e. The van der Waals surface area contributed by atoms with Crippen LogP contribution >= 0.6 is 34.5 Å². The van der Waals surface area contributed by atoms with Crippen LogP contribution in [0.1, 0.15) is 27.9 Å². The molecule has 0 fully saturated rings. The van der Waals surface area contributed by atoms with E-state index in [2.05, 4.69) is 18.0 Å². The predicted molar refractivity (Wildman–Crippen MR) is 124 cm³/mol. The number of hydrogen-bond acceptors (Lipinski definition) is 4. The van der Waals surface area contributed by atoms with E-state index >= 15 is 0 Å². The Kier molecular flexibility index (Phi) is 6.09. The van der Waals surface area contributed by atoms with Crippen LogP contribution < -0.4 is 4.90 Å². The number of fused-ring (bicyclic) bond motifs is 1. The van der Waals surface area contributed by atoms with E-state index in [0.29, 0.717) is 27.3 Å². The first-order chi connectivity index (χ1) is 14.4. The zero-order valence-electron chi connectivity index (χ0n) is 16.6. The lowest BCUT2D eigenvalue weighted by Gasteiger charge is -2.20. The molecule has 4 rings (SSSR count). The van der Waals surface area contributed by atoms with Gasteiger partial charge in [-0.3, -0.25) is 9.69 Å². The van der Waals surface area contributed by atoms with Crippen molar-refractivity contribution < 1.29 is 4.79 Å².